The van der Waals surface area contributed by atoms with Crippen molar-refractivity contribution < 1.29 is 0 Å². The van der Waals surface area contributed by atoms with E-state index in [4.69, 9.17) is 5.73 Å². The molecule has 2 N–H and O–H groups in total. The first-order valence-electron chi connectivity index (χ1n) is 4.58. The Morgan fingerprint density at radius 2 is 2.15 bits per heavy atom. The lowest BCUT2D eigenvalue weighted by Gasteiger charge is -2.05. The van der Waals surface area contributed by atoms with E-state index in [9.17, 15) is 0 Å². The van der Waals surface area contributed by atoms with Crippen molar-refractivity contribution in [2.24, 2.45) is 5.73 Å². The Balaban J connectivity index is 2.46. The standard InChI is InChI=1S/C11H14N2/c1-9(12)8-11-6-5-10-4-2-3-7-13(10)11/h2-7,9H,8,12H2,1H3. The highest BCUT2D eigenvalue weighted by Crippen LogP contribution is 2.10. The summed E-state index contributed by atoms with van der Waals surface area (Å²) < 4.78 is 2.18. The van der Waals surface area contributed by atoms with Crippen LogP contribution < -0.4 is 5.73 Å². The summed E-state index contributed by atoms with van der Waals surface area (Å²) in [6.07, 6.45) is 3.01. The molecule has 2 heterocycles. The number of nitrogens with zero attached hydrogens (tertiary/aromatic N) is 1. The van der Waals surface area contributed by atoms with Gasteiger partial charge < -0.3 is 10.1 Å². The maximum absolute atomic E-state index is 5.76. The molecule has 2 rings (SSSR count). The number of rotatable bonds is 2. The molecule has 2 aromatic heterocycles. The minimum atomic E-state index is 0.221. The topological polar surface area (TPSA) is 30.4 Å². The van der Waals surface area contributed by atoms with Gasteiger partial charge in [-0.25, -0.2) is 0 Å². The monoisotopic (exact) mass is 174 g/mol. The molecule has 0 saturated carbocycles. The van der Waals surface area contributed by atoms with E-state index >= 15 is 0 Å². The summed E-state index contributed by atoms with van der Waals surface area (Å²) in [5.74, 6) is 0. The zero-order valence-corrected chi connectivity index (χ0v) is 7.77. The summed E-state index contributed by atoms with van der Waals surface area (Å²) in [6.45, 7) is 2.03. The van der Waals surface area contributed by atoms with Crippen molar-refractivity contribution in [3.63, 3.8) is 0 Å². The summed E-state index contributed by atoms with van der Waals surface area (Å²) >= 11 is 0. The molecule has 0 amide bonds. The van der Waals surface area contributed by atoms with Crippen LogP contribution in [0.3, 0.4) is 0 Å². The normalized spacial score (nSPS) is 13.4. The molecule has 0 radical (unpaired) electrons. The number of hydrogen-bond acceptors (Lipinski definition) is 1. The van der Waals surface area contributed by atoms with Crippen LogP contribution in [0.5, 0.6) is 0 Å². The molecule has 0 spiro atoms. The van der Waals surface area contributed by atoms with Gasteiger partial charge in [-0.15, -0.1) is 0 Å². The van der Waals surface area contributed by atoms with E-state index in [0.29, 0.717) is 0 Å². The predicted octanol–water partition coefficient (Wildman–Crippen LogP) is 1.83. The van der Waals surface area contributed by atoms with Crippen molar-refractivity contribution in [3.05, 3.63) is 42.2 Å². The third kappa shape index (κ3) is 1.58. The third-order valence-corrected chi connectivity index (χ3v) is 2.18. The van der Waals surface area contributed by atoms with Crippen LogP contribution in [0.4, 0.5) is 0 Å². The predicted molar refractivity (Wildman–Crippen MR) is 54.8 cm³/mol. The summed E-state index contributed by atoms with van der Waals surface area (Å²) in [7, 11) is 0. The lowest BCUT2D eigenvalue weighted by Crippen LogP contribution is -2.18. The molecular weight excluding hydrogens is 160 g/mol. The number of nitrogens with two attached hydrogens (primary N) is 1. The van der Waals surface area contributed by atoms with Crippen molar-refractivity contribution >= 4 is 5.52 Å². The second kappa shape index (κ2) is 3.23. The minimum Gasteiger partial charge on any atom is -0.328 e. The summed E-state index contributed by atoms with van der Waals surface area (Å²) in [5, 5.41) is 0. The van der Waals surface area contributed by atoms with Gasteiger partial charge in [0.05, 0.1) is 0 Å². The van der Waals surface area contributed by atoms with E-state index in [1.807, 2.05) is 19.1 Å². The third-order valence-electron chi connectivity index (χ3n) is 2.18. The van der Waals surface area contributed by atoms with Gasteiger partial charge in [-0.05, 0) is 31.2 Å². The fourth-order valence-electron chi connectivity index (χ4n) is 1.61. The maximum atomic E-state index is 5.76. The molecule has 1 atom stereocenters. The molecule has 2 heteroatoms. The molecule has 0 saturated heterocycles. The van der Waals surface area contributed by atoms with E-state index in [2.05, 4.69) is 28.8 Å². The fourth-order valence-corrected chi connectivity index (χ4v) is 1.61. The van der Waals surface area contributed by atoms with Gasteiger partial charge in [0.1, 0.15) is 0 Å². The van der Waals surface area contributed by atoms with Crippen LogP contribution in [0.15, 0.2) is 36.5 Å². The Kier molecular flexibility index (Phi) is 2.07. The van der Waals surface area contributed by atoms with E-state index in [-0.39, 0.29) is 6.04 Å². The van der Waals surface area contributed by atoms with Crippen molar-refractivity contribution in [1.82, 2.24) is 4.40 Å². The summed E-state index contributed by atoms with van der Waals surface area (Å²) in [6, 6.07) is 10.7. The first-order valence-corrected chi connectivity index (χ1v) is 4.58. The van der Waals surface area contributed by atoms with E-state index < -0.39 is 0 Å². The highest BCUT2D eigenvalue weighted by Gasteiger charge is 2.02. The molecule has 0 fully saturated rings. The van der Waals surface area contributed by atoms with Crippen LogP contribution in [-0.4, -0.2) is 10.4 Å². The SMILES string of the molecule is CC(N)Cc1ccc2ccccn12. The average Bonchev–Trinajstić information content (AvgIpc) is 2.48. The largest absolute Gasteiger partial charge is 0.328 e. The minimum absolute atomic E-state index is 0.221. The number of fused-ring (bicyclic) bond motifs is 1. The van der Waals surface area contributed by atoms with Crippen molar-refractivity contribution in [2.75, 3.05) is 0 Å². The van der Waals surface area contributed by atoms with Crippen LogP contribution in [0.25, 0.3) is 5.52 Å². The van der Waals surface area contributed by atoms with Crippen LogP contribution >= 0.6 is 0 Å². The Hall–Kier alpha value is -1.28. The van der Waals surface area contributed by atoms with Gasteiger partial charge in [-0.1, -0.05) is 6.07 Å². The Labute approximate surface area is 78.0 Å². The number of pyridine rings is 1. The molecule has 0 bridgehead atoms. The summed E-state index contributed by atoms with van der Waals surface area (Å²) in [5.41, 5.74) is 8.28. The van der Waals surface area contributed by atoms with Gasteiger partial charge >= 0.3 is 0 Å². The highest BCUT2D eigenvalue weighted by atomic mass is 14.9. The second-order valence-electron chi connectivity index (χ2n) is 3.50. The Bertz CT molecular complexity index is 401. The van der Waals surface area contributed by atoms with Crippen LogP contribution in [-0.2, 0) is 6.42 Å². The first-order chi connectivity index (χ1) is 6.27. The molecule has 1 unspecified atom stereocenters. The van der Waals surface area contributed by atoms with Gasteiger partial charge in [-0.2, -0.15) is 0 Å². The quantitative estimate of drug-likeness (QED) is 0.739. The molecule has 0 aliphatic rings. The molecule has 2 nitrogen and oxygen atoms in total. The van der Waals surface area contributed by atoms with Gasteiger partial charge in [0.25, 0.3) is 0 Å². The van der Waals surface area contributed by atoms with Gasteiger partial charge in [0.15, 0.2) is 0 Å². The molecular formula is C11H14N2. The van der Waals surface area contributed by atoms with Gasteiger partial charge in [0.2, 0.25) is 0 Å². The summed E-state index contributed by atoms with van der Waals surface area (Å²) in [4.78, 5) is 0. The van der Waals surface area contributed by atoms with Crippen molar-refractivity contribution in [3.8, 4) is 0 Å². The molecule has 68 valence electrons. The smallest absolute Gasteiger partial charge is 0.0452 e. The molecule has 13 heavy (non-hydrogen) atoms. The highest BCUT2D eigenvalue weighted by molar-refractivity contribution is 5.49. The van der Waals surface area contributed by atoms with E-state index in [1.54, 1.807) is 0 Å². The van der Waals surface area contributed by atoms with Gasteiger partial charge in [0, 0.05) is 29.9 Å². The average molecular weight is 174 g/mol. The molecule has 0 aromatic carbocycles. The first kappa shape index (κ1) is 8.32. The molecule has 0 aliphatic heterocycles. The Morgan fingerprint density at radius 1 is 1.31 bits per heavy atom. The fraction of sp³-hybridized carbons (Fsp3) is 0.273. The van der Waals surface area contributed by atoms with Crippen LogP contribution in [0.2, 0.25) is 0 Å². The number of aromatic nitrogens is 1. The van der Waals surface area contributed by atoms with E-state index in [1.165, 1.54) is 11.2 Å². The second-order valence-corrected chi connectivity index (χ2v) is 3.50. The lowest BCUT2D eigenvalue weighted by atomic mass is 10.2. The van der Waals surface area contributed by atoms with E-state index in [0.717, 1.165) is 6.42 Å². The lowest BCUT2D eigenvalue weighted by molar-refractivity contribution is 0.717. The van der Waals surface area contributed by atoms with Gasteiger partial charge in [-0.3, -0.25) is 0 Å². The van der Waals surface area contributed by atoms with Crippen molar-refractivity contribution in [2.45, 2.75) is 19.4 Å². The number of hydrogen-bond donors (Lipinski definition) is 1. The zero-order chi connectivity index (χ0) is 9.26. The zero-order valence-electron chi connectivity index (χ0n) is 7.77. The van der Waals surface area contributed by atoms with Crippen LogP contribution in [0, 0.1) is 0 Å². The molecule has 0 aliphatic carbocycles. The van der Waals surface area contributed by atoms with Crippen molar-refractivity contribution in [1.29, 1.82) is 0 Å². The maximum Gasteiger partial charge on any atom is 0.0452 e. The molecule has 2 aromatic rings. The van der Waals surface area contributed by atoms with Crippen LogP contribution in [0.1, 0.15) is 12.6 Å². The Morgan fingerprint density at radius 3 is 2.92 bits per heavy atom.